The van der Waals surface area contributed by atoms with Gasteiger partial charge in [0, 0.05) is 45.3 Å². The van der Waals surface area contributed by atoms with E-state index in [2.05, 4.69) is 5.32 Å². The highest BCUT2D eigenvalue weighted by Crippen LogP contribution is 2.21. The predicted octanol–water partition coefficient (Wildman–Crippen LogP) is 1.22. The minimum Gasteiger partial charge on any atom is -0.312 e. The van der Waals surface area contributed by atoms with E-state index in [0.29, 0.717) is 39.1 Å². The van der Waals surface area contributed by atoms with Crippen molar-refractivity contribution in [1.29, 1.82) is 0 Å². The normalized spacial score (nSPS) is 17.6. The first-order chi connectivity index (χ1) is 10.4. The fourth-order valence-electron chi connectivity index (χ4n) is 2.65. The second-order valence-electron chi connectivity index (χ2n) is 5.49. The molecule has 0 aromatic heterocycles. The molecule has 0 spiro atoms. The Morgan fingerprint density at radius 3 is 2.52 bits per heavy atom. The van der Waals surface area contributed by atoms with Crippen LogP contribution in [0.4, 0.5) is 5.69 Å². The molecule has 1 heterocycles. The van der Waals surface area contributed by atoms with Crippen molar-refractivity contribution in [3.63, 3.8) is 0 Å². The van der Waals surface area contributed by atoms with Crippen LogP contribution in [0, 0.1) is 0 Å². The van der Waals surface area contributed by atoms with E-state index in [1.54, 1.807) is 4.90 Å². The number of benzene rings is 1. The van der Waals surface area contributed by atoms with Crippen LogP contribution in [0.2, 0.25) is 0 Å². The molecule has 1 aromatic carbocycles. The predicted molar refractivity (Wildman–Crippen MR) is 94.5 cm³/mol. The third-order valence-corrected chi connectivity index (χ3v) is 5.08. The van der Waals surface area contributed by atoms with Crippen LogP contribution in [-0.4, -0.2) is 51.1 Å². The van der Waals surface area contributed by atoms with Crippen molar-refractivity contribution < 1.29 is 13.2 Å². The summed E-state index contributed by atoms with van der Waals surface area (Å²) in [6.07, 6.45) is 1.84. The standard InChI is InChI=1S/C15H23N3O3S.ClH/c1-13(19)18-10-5-9-17(22(2,20)21)11-8-16-12-14-6-3-4-7-15(14)18;/h3-4,6-7,16H,5,8-12H2,1-2H3;1H. The Morgan fingerprint density at radius 1 is 1.17 bits per heavy atom. The van der Waals surface area contributed by atoms with Crippen molar-refractivity contribution >= 4 is 34.0 Å². The molecule has 1 aliphatic heterocycles. The number of carbonyl (C=O) groups excluding carboxylic acids is 1. The molecule has 0 aliphatic carbocycles. The number of hydrogen-bond acceptors (Lipinski definition) is 4. The molecule has 0 bridgehead atoms. The molecule has 0 saturated carbocycles. The summed E-state index contributed by atoms with van der Waals surface area (Å²) in [6.45, 7) is 4.11. The molecule has 0 atom stereocenters. The topological polar surface area (TPSA) is 69.7 Å². The lowest BCUT2D eigenvalue weighted by molar-refractivity contribution is -0.116. The van der Waals surface area contributed by atoms with Gasteiger partial charge < -0.3 is 10.2 Å². The number of fused-ring (bicyclic) bond motifs is 1. The molecule has 0 saturated heterocycles. The van der Waals surface area contributed by atoms with E-state index in [1.807, 2.05) is 24.3 Å². The van der Waals surface area contributed by atoms with Gasteiger partial charge in [-0.3, -0.25) is 4.79 Å². The molecule has 2 rings (SSSR count). The summed E-state index contributed by atoms with van der Waals surface area (Å²) in [5, 5.41) is 3.26. The van der Waals surface area contributed by atoms with Crippen LogP contribution in [0.25, 0.3) is 0 Å². The minimum absolute atomic E-state index is 0. The Hall–Kier alpha value is -1.15. The van der Waals surface area contributed by atoms with Crippen LogP contribution in [0.3, 0.4) is 0 Å². The second-order valence-corrected chi connectivity index (χ2v) is 7.47. The quantitative estimate of drug-likeness (QED) is 0.816. The number of rotatable bonds is 1. The summed E-state index contributed by atoms with van der Waals surface area (Å²) >= 11 is 0. The van der Waals surface area contributed by atoms with Crippen molar-refractivity contribution in [2.24, 2.45) is 0 Å². The minimum atomic E-state index is -3.22. The zero-order valence-corrected chi connectivity index (χ0v) is 15.1. The Bertz CT molecular complexity index is 637. The molecule has 1 aliphatic rings. The van der Waals surface area contributed by atoms with Gasteiger partial charge in [-0.1, -0.05) is 18.2 Å². The highest BCUT2D eigenvalue weighted by atomic mass is 35.5. The van der Waals surface area contributed by atoms with E-state index in [9.17, 15) is 13.2 Å². The van der Waals surface area contributed by atoms with Crippen molar-refractivity contribution in [3.8, 4) is 0 Å². The van der Waals surface area contributed by atoms with E-state index in [4.69, 9.17) is 0 Å². The molecule has 0 radical (unpaired) electrons. The average molecular weight is 362 g/mol. The maximum absolute atomic E-state index is 12.0. The summed E-state index contributed by atoms with van der Waals surface area (Å²) in [4.78, 5) is 13.7. The van der Waals surface area contributed by atoms with Crippen molar-refractivity contribution in [2.45, 2.75) is 19.9 Å². The highest BCUT2D eigenvalue weighted by molar-refractivity contribution is 7.88. The molecule has 0 fully saturated rings. The third-order valence-electron chi connectivity index (χ3n) is 3.77. The number of halogens is 1. The van der Waals surface area contributed by atoms with Gasteiger partial charge in [0.25, 0.3) is 0 Å². The zero-order chi connectivity index (χ0) is 16.2. The van der Waals surface area contributed by atoms with Crippen LogP contribution in [0.15, 0.2) is 24.3 Å². The summed E-state index contributed by atoms with van der Waals surface area (Å²) in [6, 6.07) is 7.79. The zero-order valence-electron chi connectivity index (χ0n) is 13.5. The summed E-state index contributed by atoms with van der Waals surface area (Å²) in [7, 11) is -3.22. The van der Waals surface area contributed by atoms with Gasteiger partial charge in [-0.15, -0.1) is 12.4 Å². The Labute approximate surface area is 144 Å². The van der Waals surface area contributed by atoms with Gasteiger partial charge >= 0.3 is 0 Å². The molecule has 1 aromatic rings. The van der Waals surface area contributed by atoms with E-state index < -0.39 is 10.0 Å². The average Bonchev–Trinajstić information content (AvgIpc) is 2.48. The first-order valence-electron chi connectivity index (χ1n) is 7.41. The van der Waals surface area contributed by atoms with Crippen molar-refractivity contribution in [1.82, 2.24) is 9.62 Å². The van der Waals surface area contributed by atoms with Gasteiger partial charge in [-0.05, 0) is 18.1 Å². The van der Waals surface area contributed by atoms with E-state index in [-0.39, 0.29) is 18.3 Å². The molecular formula is C15H24ClN3O3S. The van der Waals surface area contributed by atoms with Gasteiger partial charge in [0.15, 0.2) is 0 Å². The fraction of sp³-hybridized carbons (Fsp3) is 0.533. The Balaban J connectivity index is 0.00000264. The number of nitrogens with zero attached hydrogens (tertiary/aromatic N) is 2. The molecule has 8 heteroatoms. The SMILES string of the molecule is CC(=O)N1CCCN(S(C)(=O)=O)CCNCc2ccccc21.Cl. The molecule has 6 nitrogen and oxygen atoms in total. The first-order valence-corrected chi connectivity index (χ1v) is 9.26. The number of carbonyl (C=O) groups is 1. The van der Waals surface area contributed by atoms with Gasteiger partial charge in [-0.25, -0.2) is 12.7 Å². The lowest BCUT2D eigenvalue weighted by Crippen LogP contribution is -2.37. The van der Waals surface area contributed by atoms with E-state index >= 15 is 0 Å². The van der Waals surface area contributed by atoms with E-state index in [0.717, 1.165) is 11.3 Å². The summed E-state index contributed by atoms with van der Waals surface area (Å²) < 4.78 is 25.0. The van der Waals surface area contributed by atoms with Crippen LogP contribution < -0.4 is 10.2 Å². The molecule has 1 amide bonds. The Morgan fingerprint density at radius 2 is 1.87 bits per heavy atom. The highest BCUT2D eigenvalue weighted by Gasteiger charge is 2.20. The number of amides is 1. The number of para-hydroxylation sites is 1. The first kappa shape index (κ1) is 19.9. The van der Waals surface area contributed by atoms with Gasteiger partial charge in [0.2, 0.25) is 15.9 Å². The summed E-state index contributed by atoms with van der Waals surface area (Å²) in [5.41, 5.74) is 1.95. The van der Waals surface area contributed by atoms with Crippen molar-refractivity contribution in [2.75, 3.05) is 37.3 Å². The van der Waals surface area contributed by atoms with Crippen LogP contribution in [0.5, 0.6) is 0 Å². The second kappa shape index (κ2) is 8.63. The number of anilines is 1. The monoisotopic (exact) mass is 361 g/mol. The van der Waals surface area contributed by atoms with Crippen LogP contribution in [0.1, 0.15) is 18.9 Å². The molecule has 0 unspecified atom stereocenters. The number of sulfonamides is 1. The lowest BCUT2D eigenvalue weighted by Gasteiger charge is -2.24. The largest absolute Gasteiger partial charge is 0.312 e. The van der Waals surface area contributed by atoms with Gasteiger partial charge in [0.05, 0.1) is 6.26 Å². The maximum Gasteiger partial charge on any atom is 0.223 e. The third kappa shape index (κ3) is 5.46. The smallest absolute Gasteiger partial charge is 0.223 e. The van der Waals surface area contributed by atoms with Gasteiger partial charge in [0.1, 0.15) is 0 Å². The number of hydrogen-bond donors (Lipinski definition) is 1. The van der Waals surface area contributed by atoms with E-state index in [1.165, 1.54) is 17.5 Å². The van der Waals surface area contributed by atoms with Crippen LogP contribution in [-0.2, 0) is 21.4 Å². The molecule has 130 valence electrons. The fourth-order valence-corrected chi connectivity index (χ4v) is 3.53. The van der Waals surface area contributed by atoms with Crippen LogP contribution >= 0.6 is 12.4 Å². The van der Waals surface area contributed by atoms with Crippen molar-refractivity contribution in [3.05, 3.63) is 29.8 Å². The Kier molecular flexibility index (Phi) is 7.47. The number of nitrogens with one attached hydrogen (secondary N) is 1. The maximum atomic E-state index is 12.0. The van der Waals surface area contributed by atoms with Gasteiger partial charge in [-0.2, -0.15) is 0 Å². The summed E-state index contributed by atoms with van der Waals surface area (Å²) in [5.74, 6) is -0.0300. The molecular weight excluding hydrogens is 338 g/mol. The lowest BCUT2D eigenvalue weighted by atomic mass is 10.1. The molecule has 23 heavy (non-hydrogen) atoms. The molecule has 1 N–H and O–H groups in total.